The molecule has 24 heavy (non-hydrogen) atoms. The molecule has 0 spiro atoms. The van der Waals surface area contributed by atoms with Crippen LogP contribution in [0.2, 0.25) is 0 Å². The van der Waals surface area contributed by atoms with E-state index in [0.29, 0.717) is 12.5 Å². The zero-order valence-corrected chi connectivity index (χ0v) is 15.2. The summed E-state index contributed by atoms with van der Waals surface area (Å²) >= 11 is 0. The maximum Gasteiger partial charge on any atom is 0.317 e. The van der Waals surface area contributed by atoms with E-state index in [2.05, 4.69) is 43.4 Å². The van der Waals surface area contributed by atoms with Gasteiger partial charge in [0.2, 0.25) is 5.91 Å². The Morgan fingerprint density at radius 2 is 2.00 bits per heavy atom. The van der Waals surface area contributed by atoms with Gasteiger partial charge in [0.05, 0.1) is 6.04 Å². The number of hydrogen-bond donors (Lipinski definition) is 1. The normalized spacial score (nSPS) is 18.3. The minimum atomic E-state index is -0.0521. The van der Waals surface area contributed by atoms with Gasteiger partial charge in [0.1, 0.15) is 0 Å². The van der Waals surface area contributed by atoms with Crippen LogP contribution >= 0.6 is 0 Å². The molecule has 1 aromatic carbocycles. The Balaban J connectivity index is 1.88. The van der Waals surface area contributed by atoms with Crippen molar-refractivity contribution in [3.8, 4) is 0 Å². The lowest BCUT2D eigenvalue weighted by molar-refractivity contribution is -0.127. The first kappa shape index (κ1) is 18.3. The number of aryl methyl sites for hydroxylation is 1. The van der Waals surface area contributed by atoms with Gasteiger partial charge in [-0.2, -0.15) is 0 Å². The number of carbonyl (C=O) groups excluding carboxylic acids is 2. The van der Waals surface area contributed by atoms with E-state index < -0.39 is 0 Å². The highest BCUT2D eigenvalue weighted by molar-refractivity contribution is 5.75. The van der Waals surface area contributed by atoms with Crippen molar-refractivity contribution in [2.45, 2.75) is 39.7 Å². The maximum atomic E-state index is 12.5. The minimum absolute atomic E-state index is 0.0258. The van der Waals surface area contributed by atoms with E-state index in [9.17, 15) is 9.59 Å². The van der Waals surface area contributed by atoms with Crippen molar-refractivity contribution in [1.82, 2.24) is 15.1 Å². The quantitative estimate of drug-likeness (QED) is 0.902. The van der Waals surface area contributed by atoms with Crippen LogP contribution in [0.1, 0.15) is 43.9 Å². The lowest BCUT2D eigenvalue weighted by atomic mass is 10.0. The molecule has 0 aromatic heterocycles. The number of nitrogens with one attached hydrogen (secondary N) is 1. The number of hydrogen-bond acceptors (Lipinski definition) is 2. The predicted octanol–water partition coefficient (Wildman–Crippen LogP) is 2.96. The Kier molecular flexibility index (Phi) is 6.23. The molecule has 0 bridgehead atoms. The largest absolute Gasteiger partial charge is 0.343 e. The van der Waals surface area contributed by atoms with Crippen LogP contribution in [0, 0.1) is 12.8 Å². The van der Waals surface area contributed by atoms with Crippen LogP contribution < -0.4 is 5.32 Å². The topological polar surface area (TPSA) is 52.7 Å². The molecule has 1 N–H and O–H groups in total. The molecule has 2 rings (SSSR count). The third-order valence-electron chi connectivity index (χ3n) is 4.80. The van der Waals surface area contributed by atoms with E-state index in [1.165, 1.54) is 5.56 Å². The molecule has 1 aliphatic rings. The highest BCUT2D eigenvalue weighted by atomic mass is 16.2. The van der Waals surface area contributed by atoms with Crippen LogP contribution in [0.5, 0.6) is 0 Å². The van der Waals surface area contributed by atoms with Crippen molar-refractivity contribution < 1.29 is 9.59 Å². The van der Waals surface area contributed by atoms with Gasteiger partial charge in [0.15, 0.2) is 0 Å². The van der Waals surface area contributed by atoms with E-state index in [1.807, 2.05) is 11.9 Å². The Labute approximate surface area is 145 Å². The fraction of sp³-hybridized carbons (Fsp3) is 0.579. The maximum absolute atomic E-state index is 12.5. The van der Waals surface area contributed by atoms with Crippen LogP contribution in [0.4, 0.5) is 4.79 Å². The summed E-state index contributed by atoms with van der Waals surface area (Å²) in [4.78, 5) is 27.5. The summed E-state index contributed by atoms with van der Waals surface area (Å²) in [5, 5.41) is 3.12. The smallest absolute Gasteiger partial charge is 0.317 e. The summed E-state index contributed by atoms with van der Waals surface area (Å²) < 4.78 is 0. The lowest BCUT2D eigenvalue weighted by Gasteiger charge is -2.25. The van der Waals surface area contributed by atoms with Crippen molar-refractivity contribution >= 4 is 11.9 Å². The van der Waals surface area contributed by atoms with E-state index in [4.69, 9.17) is 0 Å². The molecule has 2 atom stereocenters. The summed E-state index contributed by atoms with van der Waals surface area (Å²) in [6.07, 6.45) is 1.82. The first-order chi connectivity index (χ1) is 11.4. The van der Waals surface area contributed by atoms with Gasteiger partial charge in [-0.05, 0) is 31.2 Å². The monoisotopic (exact) mass is 331 g/mol. The molecule has 1 saturated heterocycles. The number of benzene rings is 1. The Hall–Kier alpha value is -2.04. The zero-order chi connectivity index (χ0) is 17.7. The van der Waals surface area contributed by atoms with Gasteiger partial charge < -0.3 is 15.1 Å². The second-order valence-corrected chi connectivity index (χ2v) is 6.82. The molecule has 1 aromatic rings. The van der Waals surface area contributed by atoms with Crippen LogP contribution in [0.3, 0.4) is 0 Å². The van der Waals surface area contributed by atoms with Gasteiger partial charge in [0.25, 0.3) is 0 Å². The highest BCUT2D eigenvalue weighted by Crippen LogP contribution is 2.19. The van der Waals surface area contributed by atoms with Gasteiger partial charge in [-0.1, -0.05) is 36.8 Å². The molecule has 1 aliphatic heterocycles. The average molecular weight is 331 g/mol. The Morgan fingerprint density at radius 3 is 2.54 bits per heavy atom. The third kappa shape index (κ3) is 4.73. The summed E-state index contributed by atoms with van der Waals surface area (Å²) in [5.41, 5.74) is 2.35. The van der Waals surface area contributed by atoms with Crippen LogP contribution in [-0.2, 0) is 4.79 Å². The van der Waals surface area contributed by atoms with E-state index in [1.54, 1.807) is 11.8 Å². The SMILES string of the molecule is CCC(NC(=O)N(C)CC1CCN(C(C)=O)C1)c1ccc(C)cc1. The van der Waals surface area contributed by atoms with Crippen molar-refractivity contribution in [2.75, 3.05) is 26.7 Å². The van der Waals surface area contributed by atoms with E-state index in [-0.39, 0.29) is 18.0 Å². The van der Waals surface area contributed by atoms with Gasteiger partial charge in [-0.3, -0.25) is 4.79 Å². The number of urea groups is 1. The number of amides is 3. The van der Waals surface area contributed by atoms with Crippen LogP contribution in [0.15, 0.2) is 24.3 Å². The van der Waals surface area contributed by atoms with Gasteiger partial charge in [0, 0.05) is 33.6 Å². The second-order valence-electron chi connectivity index (χ2n) is 6.82. The predicted molar refractivity (Wildman–Crippen MR) is 95.7 cm³/mol. The van der Waals surface area contributed by atoms with Crippen molar-refractivity contribution in [3.05, 3.63) is 35.4 Å². The molecule has 2 unspecified atom stereocenters. The Morgan fingerprint density at radius 1 is 1.33 bits per heavy atom. The Bertz CT molecular complexity index is 570. The molecular formula is C19H29N3O2. The van der Waals surface area contributed by atoms with E-state index >= 15 is 0 Å². The molecule has 5 nitrogen and oxygen atoms in total. The molecule has 3 amide bonds. The first-order valence-corrected chi connectivity index (χ1v) is 8.74. The van der Waals surface area contributed by atoms with Crippen molar-refractivity contribution in [2.24, 2.45) is 5.92 Å². The summed E-state index contributed by atoms with van der Waals surface area (Å²) in [6.45, 7) is 7.97. The minimum Gasteiger partial charge on any atom is -0.343 e. The molecule has 1 fully saturated rings. The van der Waals surface area contributed by atoms with Crippen molar-refractivity contribution in [1.29, 1.82) is 0 Å². The summed E-state index contributed by atoms with van der Waals surface area (Å²) in [7, 11) is 1.83. The fourth-order valence-corrected chi connectivity index (χ4v) is 3.22. The number of rotatable bonds is 5. The molecule has 0 radical (unpaired) electrons. The molecule has 0 saturated carbocycles. The van der Waals surface area contributed by atoms with Gasteiger partial charge >= 0.3 is 6.03 Å². The van der Waals surface area contributed by atoms with Gasteiger partial charge in [-0.25, -0.2) is 4.79 Å². The number of likely N-dealkylation sites (tertiary alicyclic amines) is 1. The van der Waals surface area contributed by atoms with Crippen molar-refractivity contribution in [3.63, 3.8) is 0 Å². The van der Waals surface area contributed by atoms with Crippen LogP contribution in [-0.4, -0.2) is 48.4 Å². The standard InChI is InChI=1S/C19H29N3O2/c1-5-18(17-8-6-14(2)7-9-17)20-19(24)21(4)12-16-10-11-22(13-16)15(3)23/h6-9,16,18H,5,10-13H2,1-4H3,(H,20,24). The molecule has 1 heterocycles. The zero-order valence-electron chi connectivity index (χ0n) is 15.2. The summed E-state index contributed by atoms with van der Waals surface area (Å²) in [6, 6.07) is 8.27. The second kappa shape index (κ2) is 8.18. The van der Waals surface area contributed by atoms with E-state index in [0.717, 1.165) is 31.5 Å². The third-order valence-corrected chi connectivity index (χ3v) is 4.80. The fourth-order valence-electron chi connectivity index (χ4n) is 3.22. The van der Waals surface area contributed by atoms with Gasteiger partial charge in [-0.15, -0.1) is 0 Å². The average Bonchev–Trinajstić information content (AvgIpc) is 3.02. The molecule has 0 aliphatic carbocycles. The molecule has 5 heteroatoms. The summed E-state index contributed by atoms with van der Waals surface area (Å²) in [5.74, 6) is 0.485. The number of carbonyl (C=O) groups is 2. The highest BCUT2D eigenvalue weighted by Gasteiger charge is 2.26. The van der Waals surface area contributed by atoms with Crippen LogP contribution in [0.25, 0.3) is 0 Å². The lowest BCUT2D eigenvalue weighted by Crippen LogP contribution is -2.42. The molecular weight excluding hydrogens is 302 g/mol. The first-order valence-electron chi connectivity index (χ1n) is 8.74. The number of nitrogens with zero attached hydrogens (tertiary/aromatic N) is 2. The molecule has 132 valence electrons.